The minimum atomic E-state index is -4.00. The molecule has 0 spiro atoms. The van der Waals surface area contributed by atoms with Crippen molar-refractivity contribution in [2.75, 3.05) is 17.1 Å². The van der Waals surface area contributed by atoms with Crippen molar-refractivity contribution in [1.29, 1.82) is 0 Å². The van der Waals surface area contributed by atoms with Gasteiger partial charge in [-0.05, 0) is 18.7 Å². The van der Waals surface area contributed by atoms with E-state index < -0.39 is 10.0 Å². The third-order valence-corrected chi connectivity index (χ3v) is 7.45. The molecule has 1 N–H and O–H groups in total. The van der Waals surface area contributed by atoms with Gasteiger partial charge < -0.3 is 12.5 Å². The van der Waals surface area contributed by atoms with Gasteiger partial charge in [0.15, 0.2) is 15.9 Å². The molecular weight excluding hydrogens is 489 g/mol. The minimum Gasteiger partial charge on any atom is -0.505 e. The predicted octanol–water partition coefficient (Wildman–Crippen LogP) is 4.81. The van der Waals surface area contributed by atoms with Crippen molar-refractivity contribution in [3.8, 4) is 12.3 Å². The molecule has 0 bridgehead atoms. The number of aliphatic hydroxyl groups is 1. The number of aromatic nitrogens is 1. The first-order valence-electron chi connectivity index (χ1n) is 7.92. The van der Waals surface area contributed by atoms with Crippen molar-refractivity contribution in [1.82, 2.24) is 4.98 Å². The fourth-order valence-corrected chi connectivity index (χ4v) is 5.80. The standard InChI is InChI=1S/C16H14N2O3S3.C2H6.CH3.Y/c1-4-9-18-15-13(23-16(17-15)22-3)12(19)14(24(18,20)21)11-8-6-5-7-10(11)2;1-2;;/h1,5-8,19H,9H2,2-3H3;1-2H3;1H3;/q;;-1;. The number of sulfonamides is 1. The van der Waals surface area contributed by atoms with Crippen LogP contribution in [0.5, 0.6) is 0 Å². The number of nitrogens with zero attached hydrogens (tertiary/aromatic N) is 2. The summed E-state index contributed by atoms with van der Waals surface area (Å²) in [4.78, 5) is 4.60. The van der Waals surface area contributed by atoms with E-state index in [1.165, 1.54) is 23.1 Å². The number of benzene rings is 1. The summed E-state index contributed by atoms with van der Waals surface area (Å²) >= 11 is 2.63. The van der Waals surface area contributed by atoms with E-state index in [0.717, 1.165) is 9.87 Å². The van der Waals surface area contributed by atoms with Crippen LogP contribution in [0.4, 0.5) is 5.82 Å². The Kier molecular flexibility index (Phi) is 11.0. The maximum atomic E-state index is 13.1. The molecule has 1 aliphatic rings. The van der Waals surface area contributed by atoms with Crippen molar-refractivity contribution in [3.05, 3.63) is 47.7 Å². The van der Waals surface area contributed by atoms with E-state index in [9.17, 15) is 13.5 Å². The largest absolute Gasteiger partial charge is 0.505 e. The normalized spacial score (nSPS) is 13.9. The van der Waals surface area contributed by atoms with Crippen molar-refractivity contribution in [3.63, 3.8) is 0 Å². The molecular formula is C19H23N2O3S3Y-. The number of anilines is 1. The Balaban J connectivity index is 0.00000177. The Morgan fingerprint density at radius 3 is 2.46 bits per heavy atom. The number of hydrogen-bond donors (Lipinski definition) is 1. The molecule has 9 heteroatoms. The summed E-state index contributed by atoms with van der Waals surface area (Å²) in [7, 11) is -4.00. The second-order valence-electron chi connectivity index (χ2n) is 5.05. The third-order valence-electron chi connectivity index (χ3n) is 3.60. The number of aryl methyl sites for hydroxylation is 1. The van der Waals surface area contributed by atoms with Crippen LogP contribution in [0.15, 0.2) is 28.6 Å². The van der Waals surface area contributed by atoms with Crippen LogP contribution in [0.1, 0.15) is 29.9 Å². The molecule has 5 nitrogen and oxygen atoms in total. The van der Waals surface area contributed by atoms with Crippen molar-refractivity contribution in [2.45, 2.75) is 25.1 Å². The van der Waals surface area contributed by atoms with E-state index in [0.29, 0.717) is 14.8 Å². The average molecular weight is 513 g/mol. The topological polar surface area (TPSA) is 70.5 Å². The molecule has 0 fully saturated rings. The van der Waals surface area contributed by atoms with Gasteiger partial charge in [0, 0.05) is 38.3 Å². The van der Waals surface area contributed by atoms with Crippen LogP contribution in [-0.4, -0.2) is 31.3 Å². The van der Waals surface area contributed by atoms with Crippen molar-refractivity contribution in [2.24, 2.45) is 0 Å². The minimum absolute atomic E-state index is 0. The summed E-state index contributed by atoms with van der Waals surface area (Å²) < 4.78 is 27.9. The number of fused-ring (bicyclic) bond motifs is 1. The Labute approximate surface area is 201 Å². The molecule has 0 saturated carbocycles. The van der Waals surface area contributed by atoms with Gasteiger partial charge in [0.05, 0.1) is 6.54 Å². The van der Waals surface area contributed by atoms with Gasteiger partial charge in [-0.1, -0.05) is 55.8 Å². The third kappa shape index (κ3) is 4.82. The Bertz CT molecular complexity index is 992. The summed E-state index contributed by atoms with van der Waals surface area (Å²) in [6, 6.07) is 7.02. The molecule has 1 aromatic heterocycles. The second kappa shape index (κ2) is 11.4. The van der Waals surface area contributed by atoms with Gasteiger partial charge >= 0.3 is 0 Å². The maximum absolute atomic E-state index is 13.1. The Morgan fingerprint density at radius 2 is 1.93 bits per heavy atom. The molecule has 3 rings (SSSR count). The number of aliphatic hydroxyl groups excluding tert-OH is 1. The molecule has 1 aliphatic heterocycles. The van der Waals surface area contributed by atoms with Gasteiger partial charge in [-0.2, -0.15) is 0 Å². The van der Waals surface area contributed by atoms with Crippen LogP contribution in [-0.2, 0) is 42.7 Å². The number of terminal acetylenes is 1. The van der Waals surface area contributed by atoms with Crippen molar-refractivity contribution < 1.29 is 46.2 Å². The number of rotatable bonds is 3. The van der Waals surface area contributed by atoms with Crippen LogP contribution in [0.25, 0.3) is 10.7 Å². The van der Waals surface area contributed by atoms with Crippen LogP contribution in [0.3, 0.4) is 0 Å². The first-order chi connectivity index (χ1) is 12.4. The fraction of sp³-hybridized carbons (Fsp3) is 0.263. The van der Waals surface area contributed by atoms with E-state index in [-0.39, 0.29) is 63.2 Å². The molecule has 0 atom stereocenters. The summed E-state index contributed by atoms with van der Waals surface area (Å²) in [6.07, 6.45) is 7.20. The first-order valence-corrected chi connectivity index (χ1v) is 11.4. The first kappa shape index (κ1) is 27.2. The van der Waals surface area contributed by atoms with Gasteiger partial charge in [-0.15, -0.1) is 17.8 Å². The van der Waals surface area contributed by atoms with Crippen molar-refractivity contribution >= 4 is 49.6 Å². The van der Waals surface area contributed by atoms with Gasteiger partial charge in [0.25, 0.3) is 10.0 Å². The molecule has 1 aromatic carbocycles. The van der Waals surface area contributed by atoms with E-state index in [2.05, 4.69) is 10.9 Å². The smallest absolute Gasteiger partial charge is 0.270 e. The zero-order chi connectivity index (χ0) is 19.5. The number of thiazole rings is 1. The van der Waals surface area contributed by atoms with Gasteiger partial charge in [0.2, 0.25) is 0 Å². The Hall–Kier alpha value is -0.846. The maximum Gasteiger partial charge on any atom is 0.270 e. The van der Waals surface area contributed by atoms with Crippen LogP contribution >= 0.6 is 23.1 Å². The van der Waals surface area contributed by atoms with Crippen LogP contribution in [0.2, 0.25) is 0 Å². The van der Waals surface area contributed by atoms with Crippen LogP contribution < -0.4 is 4.31 Å². The number of thioether (sulfide) groups is 1. The molecule has 1 radical (unpaired) electrons. The molecule has 2 aromatic rings. The Morgan fingerprint density at radius 1 is 1.32 bits per heavy atom. The molecule has 2 heterocycles. The SMILES string of the molecule is C#CCN1c2nc(SC)sc2C(O)=C(c2ccccc2C)S1(=O)=O.CC.[CH3-].[Y]. The molecule has 0 aliphatic carbocycles. The fourth-order valence-electron chi connectivity index (χ4n) is 2.49. The summed E-state index contributed by atoms with van der Waals surface area (Å²) in [5, 5.41) is 10.7. The summed E-state index contributed by atoms with van der Waals surface area (Å²) in [5.74, 6) is 2.28. The van der Waals surface area contributed by atoms with E-state index in [1.54, 1.807) is 25.1 Å². The molecule has 0 saturated heterocycles. The van der Waals surface area contributed by atoms with E-state index in [4.69, 9.17) is 6.42 Å². The van der Waals surface area contributed by atoms with E-state index in [1.807, 2.05) is 26.2 Å². The van der Waals surface area contributed by atoms with Crippen LogP contribution in [0, 0.1) is 26.7 Å². The molecule has 0 amide bonds. The summed E-state index contributed by atoms with van der Waals surface area (Å²) in [6.45, 7) is 5.65. The zero-order valence-electron chi connectivity index (χ0n) is 16.6. The van der Waals surface area contributed by atoms with Gasteiger partial charge in [-0.25, -0.2) is 17.7 Å². The second-order valence-corrected chi connectivity index (χ2v) is 8.90. The summed E-state index contributed by atoms with van der Waals surface area (Å²) in [5.41, 5.74) is 1.21. The molecule has 149 valence electrons. The average Bonchev–Trinajstić information content (AvgIpc) is 3.06. The van der Waals surface area contributed by atoms with Gasteiger partial charge in [-0.3, -0.25) is 0 Å². The molecule has 28 heavy (non-hydrogen) atoms. The monoisotopic (exact) mass is 512 g/mol. The predicted molar refractivity (Wildman–Crippen MR) is 117 cm³/mol. The zero-order valence-corrected chi connectivity index (χ0v) is 21.8. The van der Waals surface area contributed by atoms with Gasteiger partial charge in [0.1, 0.15) is 9.78 Å². The number of hydrogen-bond acceptors (Lipinski definition) is 6. The van der Waals surface area contributed by atoms with E-state index >= 15 is 0 Å². The quantitative estimate of drug-likeness (QED) is 0.363. The molecule has 0 unspecified atom stereocenters.